The lowest BCUT2D eigenvalue weighted by atomic mass is 9.96. The first-order valence-corrected chi connectivity index (χ1v) is 11.2. The third-order valence-corrected chi connectivity index (χ3v) is 7.11. The van der Waals surface area contributed by atoms with Gasteiger partial charge in [0, 0.05) is 37.8 Å². The Hall–Kier alpha value is -3.02. The number of carbonyl (C=O) groups is 2. The van der Waals surface area contributed by atoms with Crippen LogP contribution in [0.2, 0.25) is 0 Å². The van der Waals surface area contributed by atoms with E-state index >= 15 is 0 Å². The third-order valence-electron chi connectivity index (χ3n) is 7.11. The molecule has 2 heterocycles. The maximum Gasteiger partial charge on any atom is 0.254 e. The molecule has 3 atom stereocenters. The largest absolute Gasteiger partial charge is 0.495 e. The molecule has 1 saturated carbocycles. The first kappa shape index (κ1) is 19.9. The Bertz CT molecular complexity index is 955. The van der Waals surface area contributed by atoms with Crippen LogP contribution in [0, 0.1) is 5.92 Å². The van der Waals surface area contributed by atoms with Crippen LogP contribution in [-0.2, 0) is 4.79 Å². The number of methoxy groups -OCH3 is 1. The molecule has 0 spiro atoms. The Kier molecular flexibility index (Phi) is 5.30. The highest BCUT2D eigenvalue weighted by Crippen LogP contribution is 2.44. The van der Waals surface area contributed by atoms with Crippen molar-refractivity contribution < 1.29 is 14.3 Å². The SMILES string of the molecule is COc1ccccc1N1CCN(C(=O)[C@H]2[C@H]3CC[C@@H](C3)N2C(=O)c2ccccc2)CC1. The number of nitrogens with zero attached hydrogens (tertiary/aromatic N) is 3. The fourth-order valence-electron chi connectivity index (χ4n) is 5.57. The number of piperidine rings is 1. The number of ether oxygens (including phenoxy) is 1. The Morgan fingerprint density at radius 2 is 1.61 bits per heavy atom. The number of fused-ring (bicyclic) bond motifs is 2. The van der Waals surface area contributed by atoms with Crippen molar-refractivity contribution in [3.63, 3.8) is 0 Å². The predicted molar refractivity (Wildman–Crippen MR) is 119 cm³/mol. The minimum absolute atomic E-state index is 0.00110. The minimum Gasteiger partial charge on any atom is -0.495 e. The van der Waals surface area contributed by atoms with Crippen molar-refractivity contribution in [2.24, 2.45) is 5.92 Å². The van der Waals surface area contributed by atoms with Crippen molar-refractivity contribution in [2.75, 3.05) is 38.2 Å². The van der Waals surface area contributed by atoms with E-state index in [0.29, 0.717) is 18.7 Å². The molecule has 3 fully saturated rings. The van der Waals surface area contributed by atoms with Crippen LogP contribution >= 0.6 is 0 Å². The molecule has 31 heavy (non-hydrogen) atoms. The summed E-state index contributed by atoms with van der Waals surface area (Å²) in [5.41, 5.74) is 1.74. The number of carbonyl (C=O) groups excluding carboxylic acids is 2. The van der Waals surface area contributed by atoms with Crippen LogP contribution < -0.4 is 9.64 Å². The number of hydrogen-bond donors (Lipinski definition) is 0. The molecule has 5 rings (SSSR count). The highest BCUT2D eigenvalue weighted by Gasteiger charge is 2.52. The highest BCUT2D eigenvalue weighted by molar-refractivity contribution is 5.98. The van der Waals surface area contributed by atoms with Gasteiger partial charge >= 0.3 is 0 Å². The second-order valence-corrected chi connectivity index (χ2v) is 8.73. The van der Waals surface area contributed by atoms with Crippen LogP contribution in [0.15, 0.2) is 54.6 Å². The number of likely N-dealkylation sites (tertiary alicyclic amines) is 1. The molecular formula is C25H29N3O3. The maximum atomic E-state index is 13.6. The summed E-state index contributed by atoms with van der Waals surface area (Å²) in [7, 11) is 1.69. The summed E-state index contributed by atoms with van der Waals surface area (Å²) in [6.45, 7) is 2.86. The van der Waals surface area contributed by atoms with Crippen molar-refractivity contribution in [2.45, 2.75) is 31.3 Å². The summed E-state index contributed by atoms with van der Waals surface area (Å²) in [6.07, 6.45) is 3.01. The molecule has 2 saturated heterocycles. The molecule has 2 aromatic rings. The second kappa shape index (κ2) is 8.25. The van der Waals surface area contributed by atoms with Gasteiger partial charge in [-0.2, -0.15) is 0 Å². The van der Waals surface area contributed by atoms with E-state index < -0.39 is 0 Å². The summed E-state index contributed by atoms with van der Waals surface area (Å²) in [5.74, 6) is 1.27. The number of para-hydroxylation sites is 2. The Labute approximate surface area is 183 Å². The van der Waals surface area contributed by atoms with Gasteiger partial charge in [-0.05, 0) is 49.4 Å². The van der Waals surface area contributed by atoms with Crippen LogP contribution in [0.25, 0.3) is 0 Å². The van der Waals surface area contributed by atoms with E-state index in [1.165, 1.54) is 0 Å². The lowest BCUT2D eigenvalue weighted by Crippen LogP contribution is -2.57. The molecule has 1 aliphatic carbocycles. The first-order chi connectivity index (χ1) is 15.2. The summed E-state index contributed by atoms with van der Waals surface area (Å²) in [5, 5.41) is 0. The lowest BCUT2D eigenvalue weighted by molar-refractivity contribution is -0.137. The third kappa shape index (κ3) is 3.54. The van der Waals surface area contributed by atoms with Gasteiger partial charge in [0.2, 0.25) is 5.91 Å². The number of piperazine rings is 1. The average molecular weight is 420 g/mol. The summed E-state index contributed by atoms with van der Waals surface area (Å²) in [4.78, 5) is 33.0. The van der Waals surface area contributed by atoms with Gasteiger partial charge in [0.05, 0.1) is 12.8 Å². The zero-order valence-electron chi connectivity index (χ0n) is 17.9. The maximum absolute atomic E-state index is 13.6. The highest BCUT2D eigenvalue weighted by atomic mass is 16.5. The molecular weight excluding hydrogens is 390 g/mol. The van der Waals surface area contributed by atoms with E-state index in [0.717, 1.165) is 43.8 Å². The molecule has 162 valence electrons. The van der Waals surface area contributed by atoms with Gasteiger partial charge < -0.3 is 19.4 Å². The van der Waals surface area contributed by atoms with E-state index in [1.54, 1.807) is 7.11 Å². The van der Waals surface area contributed by atoms with Gasteiger partial charge in [0.25, 0.3) is 5.91 Å². The zero-order chi connectivity index (χ0) is 21.4. The minimum atomic E-state index is -0.315. The number of rotatable bonds is 4. The van der Waals surface area contributed by atoms with Crippen LogP contribution in [0.4, 0.5) is 5.69 Å². The molecule has 3 aliphatic rings. The van der Waals surface area contributed by atoms with Gasteiger partial charge in [-0.25, -0.2) is 0 Å². The average Bonchev–Trinajstić information content (AvgIpc) is 3.46. The number of hydrogen-bond acceptors (Lipinski definition) is 4. The van der Waals surface area contributed by atoms with E-state index in [-0.39, 0.29) is 29.8 Å². The lowest BCUT2D eigenvalue weighted by Gasteiger charge is -2.41. The Morgan fingerprint density at radius 3 is 2.35 bits per heavy atom. The van der Waals surface area contributed by atoms with Crippen LogP contribution in [0.3, 0.4) is 0 Å². The van der Waals surface area contributed by atoms with E-state index in [4.69, 9.17) is 4.74 Å². The molecule has 0 radical (unpaired) electrons. The molecule has 0 N–H and O–H groups in total. The van der Waals surface area contributed by atoms with Crippen LogP contribution in [0.1, 0.15) is 29.6 Å². The quantitative estimate of drug-likeness (QED) is 0.765. The summed E-state index contributed by atoms with van der Waals surface area (Å²) >= 11 is 0. The Balaban J connectivity index is 1.30. The summed E-state index contributed by atoms with van der Waals surface area (Å²) < 4.78 is 5.50. The zero-order valence-corrected chi connectivity index (χ0v) is 17.9. The van der Waals surface area contributed by atoms with Gasteiger partial charge in [-0.3, -0.25) is 9.59 Å². The van der Waals surface area contributed by atoms with Crippen molar-refractivity contribution in [3.8, 4) is 5.75 Å². The number of amides is 2. The standard InChI is InChI=1S/C25H29N3O3/c1-31-22-10-6-5-9-21(22)26-13-15-27(16-14-26)25(30)23-19-11-12-20(17-19)28(23)24(29)18-7-3-2-4-8-18/h2-10,19-20,23H,11-17H2,1H3/t19-,20-,23+/m0/s1. The van der Waals surface area contributed by atoms with Gasteiger partial charge in [-0.15, -0.1) is 0 Å². The van der Waals surface area contributed by atoms with Crippen molar-refractivity contribution in [1.82, 2.24) is 9.80 Å². The number of anilines is 1. The van der Waals surface area contributed by atoms with Gasteiger partial charge in [0.15, 0.2) is 0 Å². The monoisotopic (exact) mass is 419 g/mol. The smallest absolute Gasteiger partial charge is 0.254 e. The molecule has 6 heteroatoms. The molecule has 2 aromatic carbocycles. The normalized spacial score (nSPS) is 25.1. The molecule has 2 aliphatic heterocycles. The fraction of sp³-hybridized carbons (Fsp3) is 0.440. The fourth-order valence-corrected chi connectivity index (χ4v) is 5.57. The van der Waals surface area contributed by atoms with E-state index in [9.17, 15) is 9.59 Å². The Morgan fingerprint density at radius 1 is 0.903 bits per heavy atom. The number of benzene rings is 2. The molecule has 6 nitrogen and oxygen atoms in total. The van der Waals surface area contributed by atoms with Gasteiger partial charge in [-0.1, -0.05) is 30.3 Å². The molecule has 0 aromatic heterocycles. The van der Waals surface area contributed by atoms with Crippen LogP contribution in [0.5, 0.6) is 5.75 Å². The van der Waals surface area contributed by atoms with Crippen molar-refractivity contribution >= 4 is 17.5 Å². The van der Waals surface area contributed by atoms with Gasteiger partial charge in [0.1, 0.15) is 11.8 Å². The van der Waals surface area contributed by atoms with Crippen molar-refractivity contribution in [3.05, 3.63) is 60.2 Å². The molecule has 0 unspecified atom stereocenters. The molecule has 2 amide bonds. The summed E-state index contributed by atoms with van der Waals surface area (Å²) in [6, 6.07) is 17.3. The van der Waals surface area contributed by atoms with Crippen LogP contribution in [-0.4, -0.2) is 67.0 Å². The topological polar surface area (TPSA) is 53.1 Å². The second-order valence-electron chi connectivity index (χ2n) is 8.73. The predicted octanol–water partition coefficient (Wildman–Crippen LogP) is 3.04. The van der Waals surface area contributed by atoms with Crippen molar-refractivity contribution in [1.29, 1.82) is 0 Å². The van der Waals surface area contributed by atoms with E-state index in [1.807, 2.05) is 58.3 Å². The first-order valence-electron chi connectivity index (χ1n) is 11.2. The molecule has 2 bridgehead atoms. The van der Waals surface area contributed by atoms with E-state index in [2.05, 4.69) is 11.0 Å².